The molecule has 2 heterocycles. The van der Waals surface area contributed by atoms with E-state index in [1.165, 1.54) is 5.56 Å². The predicted octanol–water partition coefficient (Wildman–Crippen LogP) is 1.36. The Kier molecular flexibility index (Phi) is 3.66. The second-order valence-electron chi connectivity index (χ2n) is 5.95. The molecule has 0 aromatic heterocycles. The van der Waals surface area contributed by atoms with E-state index in [1.807, 2.05) is 17.0 Å². The van der Waals surface area contributed by atoms with Crippen LogP contribution in [-0.2, 0) is 17.6 Å². The summed E-state index contributed by atoms with van der Waals surface area (Å²) in [7, 11) is 0. The maximum Gasteiger partial charge on any atom is 0.227 e. The van der Waals surface area contributed by atoms with Crippen LogP contribution in [0.1, 0.15) is 24.5 Å². The second-order valence-corrected chi connectivity index (χ2v) is 5.95. The van der Waals surface area contributed by atoms with Crippen molar-refractivity contribution in [3.8, 4) is 5.75 Å². The minimum Gasteiger partial charge on any atom is -0.493 e. The van der Waals surface area contributed by atoms with Crippen LogP contribution in [-0.4, -0.2) is 36.5 Å². The van der Waals surface area contributed by atoms with Crippen molar-refractivity contribution in [3.63, 3.8) is 0 Å². The molecule has 2 unspecified atom stereocenters. The standard InChI is InChI=1S/C16H22N2O2/c1-11-6-13(9-17)10-18(11)16(19)8-12-2-3-15-14(7-12)4-5-20-15/h2-3,7,11,13H,4-6,8-10,17H2,1H3. The van der Waals surface area contributed by atoms with Gasteiger partial charge in [0.25, 0.3) is 0 Å². The maximum atomic E-state index is 12.4. The number of amides is 1. The van der Waals surface area contributed by atoms with Gasteiger partial charge in [-0.2, -0.15) is 0 Å². The Morgan fingerprint density at radius 2 is 2.35 bits per heavy atom. The number of rotatable bonds is 3. The minimum atomic E-state index is 0.215. The summed E-state index contributed by atoms with van der Waals surface area (Å²) in [4.78, 5) is 14.4. The van der Waals surface area contributed by atoms with E-state index in [0.29, 0.717) is 24.9 Å². The van der Waals surface area contributed by atoms with Gasteiger partial charge in [-0.05, 0) is 43.0 Å². The zero-order chi connectivity index (χ0) is 14.1. The van der Waals surface area contributed by atoms with E-state index in [2.05, 4.69) is 13.0 Å². The SMILES string of the molecule is CC1CC(CN)CN1C(=O)Cc1ccc2c(c1)CCO2. The first-order valence-electron chi connectivity index (χ1n) is 7.41. The summed E-state index contributed by atoms with van der Waals surface area (Å²) in [5.74, 6) is 1.65. The van der Waals surface area contributed by atoms with Gasteiger partial charge in [0.2, 0.25) is 5.91 Å². The van der Waals surface area contributed by atoms with Gasteiger partial charge in [0, 0.05) is 19.0 Å². The zero-order valence-corrected chi connectivity index (χ0v) is 12.0. The molecule has 4 nitrogen and oxygen atoms in total. The fraction of sp³-hybridized carbons (Fsp3) is 0.562. The van der Waals surface area contributed by atoms with Crippen LogP contribution >= 0.6 is 0 Å². The van der Waals surface area contributed by atoms with Crippen molar-refractivity contribution in [1.29, 1.82) is 0 Å². The molecule has 1 saturated heterocycles. The Morgan fingerprint density at radius 3 is 3.10 bits per heavy atom. The Hall–Kier alpha value is -1.55. The van der Waals surface area contributed by atoms with E-state index in [-0.39, 0.29) is 5.91 Å². The number of ether oxygens (including phenoxy) is 1. The monoisotopic (exact) mass is 274 g/mol. The highest BCUT2D eigenvalue weighted by Gasteiger charge is 2.31. The molecule has 2 atom stereocenters. The molecular formula is C16H22N2O2. The van der Waals surface area contributed by atoms with E-state index in [1.54, 1.807) is 0 Å². The van der Waals surface area contributed by atoms with Crippen LogP contribution in [0.5, 0.6) is 5.75 Å². The Labute approximate surface area is 119 Å². The third-order valence-corrected chi connectivity index (χ3v) is 4.42. The smallest absolute Gasteiger partial charge is 0.227 e. The Balaban J connectivity index is 1.67. The van der Waals surface area contributed by atoms with Crippen molar-refractivity contribution in [2.75, 3.05) is 19.7 Å². The number of carbonyl (C=O) groups is 1. The van der Waals surface area contributed by atoms with Crippen molar-refractivity contribution in [3.05, 3.63) is 29.3 Å². The van der Waals surface area contributed by atoms with Crippen molar-refractivity contribution in [1.82, 2.24) is 4.90 Å². The lowest BCUT2D eigenvalue weighted by Crippen LogP contribution is -2.35. The zero-order valence-electron chi connectivity index (χ0n) is 12.0. The Morgan fingerprint density at radius 1 is 1.50 bits per heavy atom. The van der Waals surface area contributed by atoms with Gasteiger partial charge >= 0.3 is 0 Å². The molecule has 1 aromatic carbocycles. The summed E-state index contributed by atoms with van der Waals surface area (Å²) in [6, 6.07) is 6.42. The molecule has 2 aliphatic heterocycles. The molecular weight excluding hydrogens is 252 g/mol. The number of benzene rings is 1. The molecule has 20 heavy (non-hydrogen) atoms. The Bertz CT molecular complexity index is 515. The van der Waals surface area contributed by atoms with Gasteiger partial charge in [-0.25, -0.2) is 0 Å². The van der Waals surface area contributed by atoms with Crippen LogP contribution in [0, 0.1) is 5.92 Å². The number of nitrogens with two attached hydrogens (primary N) is 1. The molecule has 0 saturated carbocycles. The fourth-order valence-corrected chi connectivity index (χ4v) is 3.29. The number of nitrogens with zero attached hydrogens (tertiary/aromatic N) is 1. The molecule has 3 rings (SSSR count). The first kappa shape index (κ1) is 13.4. The van der Waals surface area contributed by atoms with Gasteiger partial charge in [0.05, 0.1) is 13.0 Å². The van der Waals surface area contributed by atoms with Crippen molar-refractivity contribution in [2.45, 2.75) is 32.2 Å². The molecule has 4 heteroatoms. The summed E-state index contributed by atoms with van der Waals surface area (Å²) in [6.07, 6.45) is 2.46. The number of likely N-dealkylation sites (tertiary alicyclic amines) is 1. The lowest BCUT2D eigenvalue weighted by Gasteiger charge is -2.21. The lowest BCUT2D eigenvalue weighted by molar-refractivity contribution is -0.131. The number of hydrogen-bond donors (Lipinski definition) is 1. The van der Waals surface area contributed by atoms with Gasteiger partial charge in [-0.3, -0.25) is 4.79 Å². The number of fused-ring (bicyclic) bond motifs is 1. The lowest BCUT2D eigenvalue weighted by atomic mass is 10.1. The molecule has 1 fully saturated rings. The van der Waals surface area contributed by atoms with E-state index in [9.17, 15) is 4.79 Å². The first-order chi connectivity index (χ1) is 9.67. The molecule has 0 radical (unpaired) electrons. The van der Waals surface area contributed by atoms with Crippen LogP contribution in [0.4, 0.5) is 0 Å². The van der Waals surface area contributed by atoms with Crippen LogP contribution in [0.15, 0.2) is 18.2 Å². The summed E-state index contributed by atoms with van der Waals surface area (Å²) in [6.45, 7) is 4.35. The number of hydrogen-bond acceptors (Lipinski definition) is 3. The average Bonchev–Trinajstić information content (AvgIpc) is 3.04. The summed E-state index contributed by atoms with van der Waals surface area (Å²) < 4.78 is 5.49. The van der Waals surface area contributed by atoms with Crippen molar-refractivity contribution in [2.24, 2.45) is 11.7 Å². The normalized spacial score (nSPS) is 24.6. The van der Waals surface area contributed by atoms with E-state index >= 15 is 0 Å². The van der Waals surface area contributed by atoms with Crippen molar-refractivity contribution >= 4 is 5.91 Å². The highest BCUT2D eigenvalue weighted by atomic mass is 16.5. The highest BCUT2D eigenvalue weighted by molar-refractivity contribution is 5.79. The van der Waals surface area contributed by atoms with Crippen LogP contribution < -0.4 is 10.5 Å². The summed E-state index contributed by atoms with van der Waals surface area (Å²) in [5, 5.41) is 0. The van der Waals surface area contributed by atoms with Gasteiger partial charge in [-0.1, -0.05) is 12.1 Å². The largest absolute Gasteiger partial charge is 0.493 e. The molecule has 108 valence electrons. The third kappa shape index (κ3) is 2.52. The van der Waals surface area contributed by atoms with Gasteiger partial charge in [-0.15, -0.1) is 0 Å². The summed E-state index contributed by atoms with van der Waals surface area (Å²) >= 11 is 0. The van der Waals surface area contributed by atoms with E-state index in [0.717, 1.165) is 37.3 Å². The topological polar surface area (TPSA) is 55.6 Å². The van der Waals surface area contributed by atoms with Gasteiger partial charge in [0.1, 0.15) is 5.75 Å². The van der Waals surface area contributed by atoms with Crippen LogP contribution in [0.3, 0.4) is 0 Å². The minimum absolute atomic E-state index is 0.215. The maximum absolute atomic E-state index is 12.4. The molecule has 2 aliphatic rings. The molecule has 2 N–H and O–H groups in total. The quantitative estimate of drug-likeness (QED) is 0.905. The summed E-state index contributed by atoms with van der Waals surface area (Å²) in [5.41, 5.74) is 8.03. The average molecular weight is 274 g/mol. The second kappa shape index (κ2) is 5.44. The molecule has 0 aliphatic carbocycles. The van der Waals surface area contributed by atoms with Crippen LogP contribution in [0.25, 0.3) is 0 Å². The first-order valence-corrected chi connectivity index (χ1v) is 7.41. The predicted molar refractivity (Wildman–Crippen MR) is 77.7 cm³/mol. The van der Waals surface area contributed by atoms with E-state index in [4.69, 9.17) is 10.5 Å². The fourth-order valence-electron chi connectivity index (χ4n) is 3.29. The molecule has 1 aromatic rings. The molecule has 0 spiro atoms. The third-order valence-electron chi connectivity index (χ3n) is 4.42. The molecule has 0 bridgehead atoms. The number of carbonyl (C=O) groups excluding carboxylic acids is 1. The van der Waals surface area contributed by atoms with Gasteiger partial charge < -0.3 is 15.4 Å². The van der Waals surface area contributed by atoms with Gasteiger partial charge in [0.15, 0.2) is 0 Å². The van der Waals surface area contributed by atoms with Crippen molar-refractivity contribution < 1.29 is 9.53 Å². The van der Waals surface area contributed by atoms with E-state index < -0.39 is 0 Å². The van der Waals surface area contributed by atoms with Crippen LogP contribution in [0.2, 0.25) is 0 Å². The molecule has 1 amide bonds. The highest BCUT2D eigenvalue weighted by Crippen LogP contribution is 2.27.